The standard InChI is InChI=1S/C21H23N3O2/c1-15(19-14-16-8-3-4-10-18(16)26-19)23-20-17(9-7-11-22-20)21(25)24-12-5-2-6-13-24/h3-4,7-11,14-15H,2,5-6,12-13H2,1H3,(H,22,23)/t15-/m1/s1. The molecule has 0 saturated carbocycles. The number of benzene rings is 1. The summed E-state index contributed by atoms with van der Waals surface area (Å²) >= 11 is 0. The average molecular weight is 349 g/mol. The minimum absolute atomic E-state index is 0.0529. The van der Waals surface area contributed by atoms with E-state index in [1.165, 1.54) is 6.42 Å². The molecule has 4 rings (SSSR count). The van der Waals surface area contributed by atoms with E-state index in [0.717, 1.165) is 42.7 Å². The zero-order chi connectivity index (χ0) is 17.9. The number of rotatable bonds is 4. The van der Waals surface area contributed by atoms with Gasteiger partial charge < -0.3 is 14.6 Å². The number of para-hydroxylation sites is 1. The summed E-state index contributed by atoms with van der Waals surface area (Å²) in [6.07, 6.45) is 5.06. The topological polar surface area (TPSA) is 58.4 Å². The number of piperidine rings is 1. The van der Waals surface area contributed by atoms with Crippen molar-refractivity contribution in [2.24, 2.45) is 0 Å². The Morgan fingerprint density at radius 2 is 1.96 bits per heavy atom. The lowest BCUT2D eigenvalue weighted by Gasteiger charge is -2.27. The predicted octanol–water partition coefficient (Wildman–Crippen LogP) is 4.63. The van der Waals surface area contributed by atoms with Crippen molar-refractivity contribution in [1.82, 2.24) is 9.88 Å². The Labute approximate surface area is 153 Å². The molecule has 0 aliphatic carbocycles. The van der Waals surface area contributed by atoms with Crippen LogP contribution in [0.3, 0.4) is 0 Å². The monoisotopic (exact) mass is 349 g/mol. The van der Waals surface area contributed by atoms with Crippen molar-refractivity contribution in [3.63, 3.8) is 0 Å². The molecule has 1 aliphatic heterocycles. The SMILES string of the molecule is C[C@@H](Nc1ncccc1C(=O)N1CCCCC1)c1cc2ccccc2o1. The highest BCUT2D eigenvalue weighted by Gasteiger charge is 2.22. The van der Waals surface area contributed by atoms with Crippen LogP contribution in [-0.4, -0.2) is 28.9 Å². The number of pyridine rings is 1. The van der Waals surface area contributed by atoms with Gasteiger partial charge in [-0.3, -0.25) is 4.79 Å². The van der Waals surface area contributed by atoms with Gasteiger partial charge >= 0.3 is 0 Å². The van der Waals surface area contributed by atoms with Crippen molar-refractivity contribution in [2.45, 2.75) is 32.2 Å². The molecule has 0 unspecified atom stereocenters. The molecule has 1 fully saturated rings. The number of nitrogens with zero attached hydrogens (tertiary/aromatic N) is 2. The van der Waals surface area contributed by atoms with E-state index in [1.807, 2.05) is 54.3 Å². The lowest BCUT2D eigenvalue weighted by molar-refractivity contribution is 0.0725. The molecule has 1 aliphatic rings. The highest BCUT2D eigenvalue weighted by molar-refractivity contribution is 5.98. The molecular formula is C21H23N3O2. The lowest BCUT2D eigenvalue weighted by atomic mass is 10.1. The first-order chi connectivity index (χ1) is 12.7. The van der Waals surface area contributed by atoms with Crippen LogP contribution in [0.25, 0.3) is 11.0 Å². The summed E-state index contributed by atoms with van der Waals surface area (Å²) in [5.41, 5.74) is 1.49. The Morgan fingerprint density at radius 3 is 2.77 bits per heavy atom. The summed E-state index contributed by atoms with van der Waals surface area (Å²) in [4.78, 5) is 19.2. The van der Waals surface area contributed by atoms with Crippen molar-refractivity contribution >= 4 is 22.7 Å². The third-order valence-corrected chi connectivity index (χ3v) is 4.91. The molecule has 1 N–H and O–H groups in total. The Bertz CT molecular complexity index is 879. The van der Waals surface area contributed by atoms with Gasteiger partial charge in [-0.2, -0.15) is 0 Å². The maximum atomic E-state index is 12.9. The quantitative estimate of drug-likeness (QED) is 0.746. The van der Waals surface area contributed by atoms with E-state index >= 15 is 0 Å². The minimum atomic E-state index is -0.0924. The van der Waals surface area contributed by atoms with Crippen LogP contribution in [0.2, 0.25) is 0 Å². The number of nitrogens with one attached hydrogen (secondary N) is 1. The fourth-order valence-electron chi connectivity index (χ4n) is 3.45. The van der Waals surface area contributed by atoms with E-state index in [2.05, 4.69) is 10.3 Å². The number of furan rings is 1. The highest BCUT2D eigenvalue weighted by atomic mass is 16.3. The van der Waals surface area contributed by atoms with Gasteiger partial charge in [-0.05, 0) is 50.5 Å². The molecule has 134 valence electrons. The largest absolute Gasteiger partial charge is 0.459 e. The zero-order valence-electron chi connectivity index (χ0n) is 14.9. The van der Waals surface area contributed by atoms with Crippen LogP contribution in [0, 0.1) is 0 Å². The second kappa shape index (κ2) is 7.20. The fourth-order valence-corrected chi connectivity index (χ4v) is 3.45. The van der Waals surface area contributed by atoms with Crippen LogP contribution in [0.1, 0.15) is 48.3 Å². The molecule has 3 heterocycles. The van der Waals surface area contributed by atoms with Crippen LogP contribution >= 0.6 is 0 Å². The number of likely N-dealkylation sites (tertiary alicyclic amines) is 1. The van der Waals surface area contributed by atoms with Crippen LogP contribution in [-0.2, 0) is 0 Å². The van der Waals surface area contributed by atoms with Crippen LogP contribution in [0.4, 0.5) is 5.82 Å². The Morgan fingerprint density at radius 1 is 1.15 bits per heavy atom. The highest BCUT2D eigenvalue weighted by Crippen LogP contribution is 2.27. The molecule has 0 radical (unpaired) electrons. The van der Waals surface area contributed by atoms with E-state index in [9.17, 15) is 4.79 Å². The number of anilines is 1. The van der Waals surface area contributed by atoms with Gasteiger partial charge in [0, 0.05) is 24.7 Å². The van der Waals surface area contributed by atoms with Gasteiger partial charge in [0.1, 0.15) is 17.2 Å². The van der Waals surface area contributed by atoms with Gasteiger partial charge in [-0.25, -0.2) is 4.98 Å². The maximum absolute atomic E-state index is 12.9. The van der Waals surface area contributed by atoms with Crippen molar-refractivity contribution in [3.8, 4) is 0 Å². The summed E-state index contributed by atoms with van der Waals surface area (Å²) in [6, 6.07) is 13.5. The summed E-state index contributed by atoms with van der Waals surface area (Å²) in [7, 11) is 0. The summed E-state index contributed by atoms with van der Waals surface area (Å²) in [5.74, 6) is 1.49. The maximum Gasteiger partial charge on any atom is 0.257 e. The van der Waals surface area contributed by atoms with E-state index in [-0.39, 0.29) is 11.9 Å². The van der Waals surface area contributed by atoms with E-state index < -0.39 is 0 Å². The number of aromatic nitrogens is 1. The van der Waals surface area contributed by atoms with Crippen molar-refractivity contribution in [1.29, 1.82) is 0 Å². The number of hydrogen-bond acceptors (Lipinski definition) is 4. The molecule has 1 atom stereocenters. The summed E-state index contributed by atoms with van der Waals surface area (Å²) < 4.78 is 5.93. The molecule has 1 amide bonds. The van der Waals surface area contributed by atoms with Crippen molar-refractivity contribution in [3.05, 3.63) is 60.0 Å². The molecule has 1 aromatic carbocycles. The Balaban J connectivity index is 1.56. The number of hydrogen-bond donors (Lipinski definition) is 1. The van der Waals surface area contributed by atoms with Gasteiger partial charge in [-0.1, -0.05) is 18.2 Å². The Hall–Kier alpha value is -2.82. The molecule has 26 heavy (non-hydrogen) atoms. The van der Waals surface area contributed by atoms with E-state index in [0.29, 0.717) is 11.4 Å². The average Bonchev–Trinajstić information content (AvgIpc) is 3.13. The molecule has 3 aromatic rings. The molecule has 0 spiro atoms. The first-order valence-corrected chi connectivity index (χ1v) is 9.21. The van der Waals surface area contributed by atoms with Crippen LogP contribution in [0.15, 0.2) is 53.1 Å². The van der Waals surface area contributed by atoms with Crippen LogP contribution in [0.5, 0.6) is 0 Å². The van der Waals surface area contributed by atoms with E-state index in [4.69, 9.17) is 4.42 Å². The number of carbonyl (C=O) groups excluding carboxylic acids is 1. The fraction of sp³-hybridized carbons (Fsp3) is 0.333. The van der Waals surface area contributed by atoms with E-state index in [1.54, 1.807) is 6.20 Å². The third-order valence-electron chi connectivity index (χ3n) is 4.91. The minimum Gasteiger partial charge on any atom is -0.459 e. The normalized spacial score (nSPS) is 15.8. The van der Waals surface area contributed by atoms with Gasteiger partial charge in [0.25, 0.3) is 5.91 Å². The van der Waals surface area contributed by atoms with Gasteiger partial charge in [0.2, 0.25) is 0 Å². The Kier molecular flexibility index (Phi) is 4.61. The second-order valence-electron chi connectivity index (χ2n) is 6.81. The number of fused-ring (bicyclic) bond motifs is 1. The summed E-state index contributed by atoms with van der Waals surface area (Å²) in [6.45, 7) is 3.67. The predicted molar refractivity (Wildman–Crippen MR) is 102 cm³/mol. The van der Waals surface area contributed by atoms with Gasteiger partial charge in [-0.15, -0.1) is 0 Å². The molecule has 5 nitrogen and oxygen atoms in total. The molecule has 1 saturated heterocycles. The number of carbonyl (C=O) groups is 1. The van der Waals surface area contributed by atoms with Crippen LogP contribution < -0.4 is 5.32 Å². The third kappa shape index (κ3) is 3.29. The first kappa shape index (κ1) is 16.6. The zero-order valence-corrected chi connectivity index (χ0v) is 14.9. The van der Waals surface area contributed by atoms with Crippen molar-refractivity contribution in [2.75, 3.05) is 18.4 Å². The van der Waals surface area contributed by atoms with Gasteiger partial charge in [0.05, 0.1) is 11.6 Å². The van der Waals surface area contributed by atoms with Crippen molar-refractivity contribution < 1.29 is 9.21 Å². The lowest BCUT2D eigenvalue weighted by Crippen LogP contribution is -2.36. The molecule has 0 bridgehead atoms. The molecule has 5 heteroatoms. The smallest absolute Gasteiger partial charge is 0.257 e. The van der Waals surface area contributed by atoms with Gasteiger partial charge in [0.15, 0.2) is 0 Å². The first-order valence-electron chi connectivity index (χ1n) is 9.21. The molecule has 2 aromatic heterocycles. The second-order valence-corrected chi connectivity index (χ2v) is 6.81. The number of amides is 1. The summed E-state index contributed by atoms with van der Waals surface area (Å²) in [5, 5.41) is 4.43. The molecular weight excluding hydrogens is 326 g/mol.